The molecule has 19 heavy (non-hydrogen) atoms. The van der Waals surface area contributed by atoms with E-state index in [1.807, 2.05) is 62.3 Å². The van der Waals surface area contributed by atoms with Crippen LogP contribution in [-0.2, 0) is 0 Å². The molecule has 0 fully saturated rings. The predicted octanol–water partition coefficient (Wildman–Crippen LogP) is 2.17. The Morgan fingerprint density at radius 2 is 1.79 bits per heavy atom. The molecule has 0 bridgehead atoms. The van der Waals surface area contributed by atoms with Crippen LogP contribution in [-0.4, -0.2) is 33.7 Å². The Balaban J connectivity index is 2.19. The second-order valence-corrected chi connectivity index (χ2v) is 4.67. The number of aromatic nitrogens is 4. The maximum Gasteiger partial charge on any atom is 0.254 e. The molecule has 0 atom stereocenters. The molecule has 3 rings (SSSR count). The van der Waals surface area contributed by atoms with Gasteiger partial charge in [0.1, 0.15) is 0 Å². The number of rotatable bonds is 2. The van der Waals surface area contributed by atoms with Crippen molar-refractivity contribution in [1.82, 2.24) is 19.6 Å². The van der Waals surface area contributed by atoms with Crippen LogP contribution in [0.15, 0.2) is 36.4 Å². The molecule has 2 heterocycles. The van der Waals surface area contributed by atoms with Crippen molar-refractivity contribution in [2.24, 2.45) is 0 Å². The molecule has 5 heteroatoms. The maximum atomic E-state index is 4.57. The Labute approximate surface area is 111 Å². The lowest BCUT2D eigenvalue weighted by atomic mass is 10.1. The van der Waals surface area contributed by atoms with Crippen molar-refractivity contribution in [3.63, 3.8) is 0 Å². The molecule has 0 aliphatic carbocycles. The van der Waals surface area contributed by atoms with Gasteiger partial charge in [-0.3, -0.25) is 0 Å². The van der Waals surface area contributed by atoms with Crippen molar-refractivity contribution in [3.05, 3.63) is 42.1 Å². The molecular weight excluding hydrogens is 238 g/mol. The van der Waals surface area contributed by atoms with Gasteiger partial charge in [-0.2, -0.15) is 9.50 Å². The second-order valence-electron chi connectivity index (χ2n) is 4.67. The van der Waals surface area contributed by atoms with E-state index in [-0.39, 0.29) is 0 Å². The first-order valence-corrected chi connectivity index (χ1v) is 6.12. The first-order chi connectivity index (χ1) is 9.15. The lowest BCUT2D eigenvalue weighted by Gasteiger charge is -2.03. The fraction of sp³-hybridized carbons (Fsp3) is 0.214. The summed E-state index contributed by atoms with van der Waals surface area (Å²) < 4.78 is 1.77. The Morgan fingerprint density at radius 3 is 2.47 bits per heavy atom. The van der Waals surface area contributed by atoms with Crippen LogP contribution in [0.5, 0.6) is 0 Å². The molecule has 0 aliphatic heterocycles. The fourth-order valence-corrected chi connectivity index (χ4v) is 1.95. The van der Waals surface area contributed by atoms with Crippen LogP contribution in [0.3, 0.4) is 0 Å². The minimum absolute atomic E-state index is 0.627. The molecule has 0 saturated carbocycles. The van der Waals surface area contributed by atoms with Crippen LogP contribution in [0.25, 0.3) is 17.0 Å². The number of anilines is 1. The van der Waals surface area contributed by atoms with Gasteiger partial charge in [-0.25, -0.2) is 4.98 Å². The van der Waals surface area contributed by atoms with Crippen LogP contribution in [0.1, 0.15) is 5.69 Å². The molecule has 0 aliphatic rings. The molecule has 3 aromatic rings. The van der Waals surface area contributed by atoms with Crippen molar-refractivity contribution in [2.45, 2.75) is 6.92 Å². The number of hydrogen-bond acceptors (Lipinski definition) is 4. The van der Waals surface area contributed by atoms with Gasteiger partial charge in [0.2, 0.25) is 5.95 Å². The summed E-state index contributed by atoms with van der Waals surface area (Å²) in [5, 5.41) is 4.42. The van der Waals surface area contributed by atoms with E-state index in [1.165, 1.54) is 0 Å². The van der Waals surface area contributed by atoms with Gasteiger partial charge < -0.3 is 4.90 Å². The highest BCUT2D eigenvalue weighted by atomic mass is 15.4. The smallest absolute Gasteiger partial charge is 0.254 e. The number of hydrogen-bond donors (Lipinski definition) is 0. The Kier molecular flexibility index (Phi) is 2.67. The third-order valence-electron chi connectivity index (χ3n) is 2.95. The third-order valence-corrected chi connectivity index (χ3v) is 2.95. The van der Waals surface area contributed by atoms with Crippen molar-refractivity contribution in [2.75, 3.05) is 19.0 Å². The lowest BCUT2D eigenvalue weighted by Crippen LogP contribution is -2.10. The average Bonchev–Trinajstić information content (AvgIpc) is 2.84. The van der Waals surface area contributed by atoms with Crippen molar-refractivity contribution in [3.8, 4) is 11.3 Å². The summed E-state index contributed by atoms with van der Waals surface area (Å²) in [5.74, 6) is 1.29. The summed E-state index contributed by atoms with van der Waals surface area (Å²) in [6.45, 7) is 2.01. The normalized spacial score (nSPS) is 10.9. The molecule has 0 amide bonds. The van der Waals surface area contributed by atoms with Gasteiger partial charge in [-0.1, -0.05) is 30.3 Å². The minimum Gasteiger partial charge on any atom is -0.346 e. The molecule has 1 aromatic carbocycles. The zero-order valence-corrected chi connectivity index (χ0v) is 11.2. The Hall–Kier alpha value is -2.43. The van der Waals surface area contributed by atoms with E-state index < -0.39 is 0 Å². The van der Waals surface area contributed by atoms with Gasteiger partial charge in [0.05, 0.1) is 5.69 Å². The molecule has 0 radical (unpaired) electrons. The van der Waals surface area contributed by atoms with E-state index in [1.54, 1.807) is 4.52 Å². The first-order valence-electron chi connectivity index (χ1n) is 6.12. The van der Waals surface area contributed by atoms with E-state index >= 15 is 0 Å². The summed E-state index contributed by atoms with van der Waals surface area (Å²) in [7, 11) is 3.84. The molecule has 2 aromatic heterocycles. The lowest BCUT2D eigenvalue weighted by molar-refractivity contribution is 0.881. The van der Waals surface area contributed by atoms with Crippen LogP contribution in [0.4, 0.5) is 5.95 Å². The van der Waals surface area contributed by atoms with Gasteiger partial charge in [0.25, 0.3) is 5.78 Å². The van der Waals surface area contributed by atoms with Crippen LogP contribution in [0.2, 0.25) is 0 Å². The number of fused-ring (bicyclic) bond motifs is 1. The van der Waals surface area contributed by atoms with E-state index in [4.69, 9.17) is 0 Å². The molecular formula is C14H15N5. The topological polar surface area (TPSA) is 46.3 Å². The highest BCUT2D eigenvalue weighted by Crippen LogP contribution is 2.19. The van der Waals surface area contributed by atoms with Crippen molar-refractivity contribution < 1.29 is 0 Å². The van der Waals surface area contributed by atoms with Gasteiger partial charge in [0, 0.05) is 25.4 Å². The first kappa shape index (κ1) is 11.6. The van der Waals surface area contributed by atoms with Crippen LogP contribution < -0.4 is 4.90 Å². The van der Waals surface area contributed by atoms with Crippen molar-refractivity contribution in [1.29, 1.82) is 0 Å². The fourth-order valence-electron chi connectivity index (χ4n) is 1.95. The van der Waals surface area contributed by atoms with E-state index in [2.05, 4.69) is 15.1 Å². The highest BCUT2D eigenvalue weighted by Gasteiger charge is 2.10. The molecule has 5 nitrogen and oxygen atoms in total. The number of nitrogens with zero attached hydrogens (tertiary/aromatic N) is 5. The van der Waals surface area contributed by atoms with Gasteiger partial charge in [-0.15, -0.1) is 5.10 Å². The van der Waals surface area contributed by atoms with Crippen LogP contribution >= 0.6 is 0 Å². The monoisotopic (exact) mass is 253 g/mol. The van der Waals surface area contributed by atoms with Gasteiger partial charge in [0.15, 0.2) is 0 Å². The Bertz CT molecular complexity index is 715. The summed E-state index contributed by atoms with van der Waals surface area (Å²) >= 11 is 0. The van der Waals surface area contributed by atoms with Gasteiger partial charge in [-0.05, 0) is 13.0 Å². The largest absolute Gasteiger partial charge is 0.346 e. The second kappa shape index (κ2) is 4.35. The summed E-state index contributed by atoms with van der Waals surface area (Å²) in [5.41, 5.74) is 3.02. The van der Waals surface area contributed by atoms with E-state index in [9.17, 15) is 0 Å². The molecule has 0 N–H and O–H groups in total. The van der Waals surface area contributed by atoms with E-state index in [0.717, 1.165) is 17.0 Å². The van der Waals surface area contributed by atoms with Gasteiger partial charge >= 0.3 is 0 Å². The summed E-state index contributed by atoms with van der Waals surface area (Å²) in [6, 6.07) is 12.1. The molecule has 0 saturated heterocycles. The number of benzene rings is 1. The highest BCUT2D eigenvalue weighted by molar-refractivity contribution is 5.61. The standard InChI is InChI=1S/C14H15N5/c1-10-9-12(11-7-5-4-6-8-11)15-13-16-14(18(2)3)17-19(10)13/h4-9H,1-3H3. The molecule has 0 unspecified atom stereocenters. The maximum absolute atomic E-state index is 4.57. The van der Waals surface area contributed by atoms with Crippen LogP contribution in [0, 0.1) is 6.92 Å². The Morgan fingerprint density at radius 1 is 1.05 bits per heavy atom. The molecule has 0 spiro atoms. The third kappa shape index (κ3) is 2.03. The zero-order valence-electron chi connectivity index (χ0n) is 11.2. The number of aryl methyl sites for hydroxylation is 1. The predicted molar refractivity (Wildman–Crippen MR) is 75.3 cm³/mol. The quantitative estimate of drug-likeness (QED) is 0.702. The zero-order chi connectivity index (χ0) is 13.4. The SMILES string of the molecule is Cc1cc(-c2ccccc2)nc2nc(N(C)C)nn12. The van der Waals surface area contributed by atoms with Crippen molar-refractivity contribution >= 4 is 11.7 Å². The molecule has 96 valence electrons. The summed E-state index contributed by atoms with van der Waals surface area (Å²) in [6.07, 6.45) is 0. The summed E-state index contributed by atoms with van der Waals surface area (Å²) in [4.78, 5) is 10.9. The van der Waals surface area contributed by atoms with E-state index in [0.29, 0.717) is 11.7 Å². The average molecular weight is 253 g/mol. The minimum atomic E-state index is 0.627.